The molecule has 1 spiro atoms. The summed E-state index contributed by atoms with van der Waals surface area (Å²) in [6.45, 7) is 2.89. The van der Waals surface area contributed by atoms with Crippen LogP contribution in [0, 0.1) is 11.8 Å². The van der Waals surface area contributed by atoms with Crippen LogP contribution in [-0.4, -0.2) is 98.7 Å². The molecule has 1 aromatic carbocycles. The lowest BCUT2D eigenvalue weighted by molar-refractivity contribution is -0.328. The van der Waals surface area contributed by atoms with E-state index in [-0.39, 0.29) is 36.0 Å². The van der Waals surface area contributed by atoms with Crippen LogP contribution in [0.25, 0.3) is 0 Å². The van der Waals surface area contributed by atoms with Gasteiger partial charge in [-0.2, -0.15) is 0 Å². The molecule has 0 radical (unpaired) electrons. The fourth-order valence-corrected chi connectivity index (χ4v) is 8.32. The molecule has 6 heterocycles. The van der Waals surface area contributed by atoms with E-state index >= 15 is 0 Å². The number of ether oxygens (including phenoxy) is 3. The third kappa shape index (κ3) is 2.95. The van der Waals surface area contributed by atoms with Crippen LogP contribution in [0.1, 0.15) is 32.3 Å². The van der Waals surface area contributed by atoms with E-state index in [2.05, 4.69) is 11.0 Å². The van der Waals surface area contributed by atoms with E-state index in [0.717, 1.165) is 35.4 Å². The molecule has 5 bridgehead atoms. The van der Waals surface area contributed by atoms with Gasteiger partial charge in [0.1, 0.15) is 36.7 Å². The standard InChI is InChI=1S/C27H32N2O8/c1-3-12-13-8-16-23-27(14-6-4-5-7-15(14)28-23)9-17(19(13)24(27)35-11(2)31)29(16)25(12)37-26-22(34)21(33)20(32)18(10-30)36-26/h3-7,13,16-22,24-26,30,32-34H,8-10H2,1-2H3/b12-3+/t13-,16-,17-,18+,19?,20+,21-,22+,24?,25?,26-,27?/m0/s1. The van der Waals surface area contributed by atoms with Crippen LogP contribution in [0.4, 0.5) is 5.69 Å². The van der Waals surface area contributed by atoms with Crippen LogP contribution in [0.5, 0.6) is 0 Å². The highest BCUT2D eigenvalue weighted by molar-refractivity contribution is 6.08. The molecule has 37 heavy (non-hydrogen) atoms. The zero-order valence-electron chi connectivity index (χ0n) is 20.7. The summed E-state index contributed by atoms with van der Waals surface area (Å²) in [5.74, 6) is -0.176. The molecule has 4 N–H and O–H groups in total. The first-order valence-electron chi connectivity index (χ1n) is 13.1. The van der Waals surface area contributed by atoms with Gasteiger partial charge in [-0.3, -0.25) is 14.7 Å². The molecule has 1 aromatic rings. The maximum atomic E-state index is 12.4. The molecular formula is C27H32N2O8. The van der Waals surface area contributed by atoms with Crippen LogP contribution >= 0.6 is 0 Å². The number of benzene rings is 1. The zero-order chi connectivity index (χ0) is 25.8. The highest BCUT2D eigenvalue weighted by Crippen LogP contribution is 2.67. The molecule has 0 aromatic heterocycles. The number of piperidine rings is 4. The minimum absolute atomic E-state index is 0.0495. The SMILES string of the molecule is C/C=C1/C(O[C@@H]2O[C@H](CO)[C@@H](O)[C@H](O)[C@H]2O)N2[C@H]3C[C@@H]1C1C(OC(C)=O)C4(C[C@@H]12)C3=Nc1ccccc14. The second-order valence-electron chi connectivity index (χ2n) is 11.1. The number of hydrogen-bond acceptors (Lipinski definition) is 10. The number of aliphatic hydroxyl groups is 4. The number of rotatable bonds is 4. The number of aliphatic hydroxyl groups excluding tert-OH is 4. The van der Waals surface area contributed by atoms with Gasteiger partial charge in [0.05, 0.1) is 29.5 Å². The van der Waals surface area contributed by atoms with E-state index < -0.39 is 49.0 Å². The minimum atomic E-state index is -1.52. The van der Waals surface area contributed by atoms with Gasteiger partial charge in [-0.05, 0) is 42.9 Å². The Morgan fingerprint density at radius 1 is 1.24 bits per heavy atom. The number of para-hydroxylation sites is 1. The second-order valence-corrected chi connectivity index (χ2v) is 11.1. The lowest BCUT2D eigenvalue weighted by Crippen LogP contribution is -2.70. The summed E-state index contributed by atoms with van der Waals surface area (Å²) < 4.78 is 18.3. The summed E-state index contributed by atoms with van der Waals surface area (Å²) >= 11 is 0. The van der Waals surface area contributed by atoms with Gasteiger partial charge in [0.2, 0.25) is 0 Å². The molecule has 7 aliphatic rings. The van der Waals surface area contributed by atoms with Gasteiger partial charge in [0.15, 0.2) is 6.29 Å². The number of allylic oxidation sites excluding steroid dienone is 1. The number of carbonyl (C=O) groups excluding carboxylic acids is 1. The van der Waals surface area contributed by atoms with Crippen molar-refractivity contribution in [3.8, 4) is 0 Å². The van der Waals surface area contributed by atoms with Gasteiger partial charge in [0, 0.05) is 18.9 Å². The van der Waals surface area contributed by atoms with E-state index in [1.807, 2.05) is 31.2 Å². The summed E-state index contributed by atoms with van der Waals surface area (Å²) in [4.78, 5) is 19.8. The average molecular weight is 513 g/mol. The molecule has 10 heteroatoms. The molecule has 5 unspecified atom stereocenters. The fourth-order valence-electron chi connectivity index (χ4n) is 8.32. The number of nitrogens with zero attached hydrogens (tertiary/aromatic N) is 2. The van der Waals surface area contributed by atoms with Crippen LogP contribution in [0.15, 0.2) is 40.9 Å². The van der Waals surface area contributed by atoms with Crippen LogP contribution < -0.4 is 0 Å². The van der Waals surface area contributed by atoms with Crippen LogP contribution in [-0.2, 0) is 24.4 Å². The fraction of sp³-hybridized carbons (Fsp3) is 0.630. The maximum Gasteiger partial charge on any atom is 0.302 e. The lowest BCUT2D eigenvalue weighted by atomic mass is 9.66. The predicted molar refractivity (Wildman–Crippen MR) is 129 cm³/mol. The van der Waals surface area contributed by atoms with E-state index in [9.17, 15) is 25.2 Å². The molecule has 6 aliphatic heterocycles. The molecule has 198 valence electrons. The van der Waals surface area contributed by atoms with E-state index in [1.54, 1.807) is 0 Å². The molecule has 1 saturated carbocycles. The van der Waals surface area contributed by atoms with Crippen molar-refractivity contribution in [2.75, 3.05) is 6.61 Å². The van der Waals surface area contributed by atoms with Gasteiger partial charge in [-0.25, -0.2) is 0 Å². The average Bonchev–Trinajstić information content (AvgIpc) is 3.36. The number of esters is 1. The zero-order valence-corrected chi connectivity index (χ0v) is 20.7. The Morgan fingerprint density at radius 2 is 2.03 bits per heavy atom. The minimum Gasteiger partial charge on any atom is -0.461 e. The van der Waals surface area contributed by atoms with Crippen molar-refractivity contribution in [1.29, 1.82) is 0 Å². The number of fused-ring (bicyclic) bond motifs is 2. The summed E-state index contributed by atoms with van der Waals surface area (Å²) in [6, 6.07) is 8.10. The molecule has 0 amide bonds. The quantitative estimate of drug-likeness (QED) is 0.327. The van der Waals surface area contributed by atoms with Gasteiger partial charge in [-0.1, -0.05) is 24.3 Å². The first kappa shape index (κ1) is 23.9. The van der Waals surface area contributed by atoms with E-state index in [4.69, 9.17) is 19.2 Å². The van der Waals surface area contributed by atoms with Crippen LogP contribution in [0.3, 0.4) is 0 Å². The first-order chi connectivity index (χ1) is 17.8. The Labute approximate surface area is 214 Å². The Morgan fingerprint density at radius 3 is 2.76 bits per heavy atom. The van der Waals surface area contributed by atoms with E-state index in [0.29, 0.717) is 0 Å². The molecule has 10 nitrogen and oxygen atoms in total. The monoisotopic (exact) mass is 512 g/mol. The normalized spacial score (nSPS) is 49.7. The van der Waals surface area contributed by atoms with Crippen molar-refractivity contribution >= 4 is 17.4 Å². The highest BCUT2D eigenvalue weighted by Gasteiger charge is 2.75. The number of hydrogen-bond donors (Lipinski definition) is 4. The topological polar surface area (TPSA) is 141 Å². The summed E-state index contributed by atoms with van der Waals surface area (Å²) in [5, 5.41) is 40.9. The molecule has 13 atom stereocenters. The van der Waals surface area contributed by atoms with Crippen molar-refractivity contribution in [2.24, 2.45) is 16.8 Å². The smallest absolute Gasteiger partial charge is 0.302 e. The molecule has 1 aliphatic carbocycles. The number of aliphatic imine (C=N–C) groups is 1. The Bertz CT molecular complexity index is 1200. The van der Waals surface area contributed by atoms with Crippen molar-refractivity contribution in [2.45, 2.75) is 87.2 Å². The van der Waals surface area contributed by atoms with E-state index in [1.165, 1.54) is 6.92 Å². The highest BCUT2D eigenvalue weighted by atomic mass is 16.7. The Balaban J connectivity index is 1.30. The third-order valence-electron chi connectivity index (χ3n) is 9.62. The second kappa shape index (κ2) is 8.16. The van der Waals surface area contributed by atoms with Crippen molar-refractivity contribution in [3.05, 3.63) is 41.5 Å². The molecular weight excluding hydrogens is 480 g/mol. The first-order valence-corrected chi connectivity index (χ1v) is 13.1. The van der Waals surface area contributed by atoms with Gasteiger partial charge < -0.3 is 34.6 Å². The van der Waals surface area contributed by atoms with Crippen molar-refractivity contribution in [1.82, 2.24) is 4.90 Å². The largest absolute Gasteiger partial charge is 0.461 e. The number of carbonyl (C=O) groups is 1. The van der Waals surface area contributed by atoms with Crippen LogP contribution in [0.2, 0.25) is 0 Å². The Hall–Kier alpha value is -2.18. The lowest BCUT2D eigenvalue weighted by Gasteiger charge is -2.59. The predicted octanol–water partition coefficient (Wildman–Crippen LogP) is 0.137. The summed E-state index contributed by atoms with van der Waals surface area (Å²) in [6.07, 6.45) is -4.07. The van der Waals surface area contributed by atoms with Crippen molar-refractivity contribution < 1.29 is 39.4 Å². The van der Waals surface area contributed by atoms with Gasteiger partial charge in [0.25, 0.3) is 0 Å². The Kier molecular flexibility index (Phi) is 5.27. The van der Waals surface area contributed by atoms with Gasteiger partial charge in [-0.15, -0.1) is 0 Å². The maximum absolute atomic E-state index is 12.4. The third-order valence-corrected chi connectivity index (χ3v) is 9.62. The molecule has 8 rings (SSSR count). The summed E-state index contributed by atoms with van der Waals surface area (Å²) in [7, 11) is 0. The molecule has 6 fully saturated rings. The molecule has 5 saturated heterocycles. The van der Waals surface area contributed by atoms with Gasteiger partial charge >= 0.3 is 5.97 Å². The van der Waals surface area contributed by atoms with Crippen molar-refractivity contribution in [3.63, 3.8) is 0 Å². The summed E-state index contributed by atoms with van der Waals surface area (Å²) in [5.41, 5.74) is 3.57.